The van der Waals surface area contributed by atoms with E-state index in [4.69, 9.17) is 12.6 Å². The molecule has 9 heteroatoms. The summed E-state index contributed by atoms with van der Waals surface area (Å²) in [6, 6.07) is 13.9. The van der Waals surface area contributed by atoms with Crippen LogP contribution in [0.1, 0.15) is 42.3 Å². The molecule has 2 aliphatic rings. The molecule has 1 saturated carbocycles. The first-order valence-corrected chi connectivity index (χ1v) is 11.9. The number of piperidine rings is 1. The summed E-state index contributed by atoms with van der Waals surface area (Å²) in [5.74, 6) is -0.127. The highest BCUT2D eigenvalue weighted by Crippen LogP contribution is 2.39. The number of hydrogen-bond donors (Lipinski definition) is 1. The quantitative estimate of drug-likeness (QED) is 0.411. The van der Waals surface area contributed by atoms with E-state index in [1.807, 2.05) is 41.2 Å². The lowest BCUT2D eigenvalue weighted by molar-refractivity contribution is -0.126. The Morgan fingerprint density at radius 1 is 1.11 bits per heavy atom. The van der Waals surface area contributed by atoms with Gasteiger partial charge in [0.2, 0.25) is 0 Å². The van der Waals surface area contributed by atoms with E-state index in [1.165, 1.54) is 6.07 Å². The summed E-state index contributed by atoms with van der Waals surface area (Å²) in [6.07, 6.45) is 8.38. The number of aromatic nitrogens is 3. The van der Waals surface area contributed by atoms with Crippen LogP contribution in [0.25, 0.3) is 6.08 Å². The van der Waals surface area contributed by atoms with Gasteiger partial charge in [0.05, 0.1) is 24.0 Å². The van der Waals surface area contributed by atoms with Gasteiger partial charge in [-0.2, -0.15) is 17.7 Å². The van der Waals surface area contributed by atoms with E-state index in [-0.39, 0.29) is 47.6 Å². The average Bonchev–Trinajstić information content (AvgIpc) is 3.59. The molecule has 0 radical (unpaired) electrons. The van der Waals surface area contributed by atoms with Crippen LogP contribution in [-0.2, 0) is 11.3 Å². The molecule has 5 rings (SSSR count). The van der Waals surface area contributed by atoms with Gasteiger partial charge in [0.25, 0.3) is 0 Å². The van der Waals surface area contributed by atoms with Crippen molar-refractivity contribution in [2.24, 2.45) is 5.92 Å². The van der Waals surface area contributed by atoms with Crippen LogP contribution in [0.5, 0.6) is 0 Å². The van der Waals surface area contributed by atoms with Crippen molar-refractivity contribution >= 4 is 49.3 Å². The van der Waals surface area contributed by atoms with Crippen molar-refractivity contribution in [1.29, 1.82) is 0 Å². The number of pyridine rings is 1. The van der Waals surface area contributed by atoms with Crippen molar-refractivity contribution in [2.75, 3.05) is 13.1 Å². The Labute approximate surface area is 223 Å². The van der Waals surface area contributed by atoms with Crippen LogP contribution in [0, 0.1) is 11.7 Å². The van der Waals surface area contributed by atoms with Gasteiger partial charge in [0.1, 0.15) is 5.82 Å². The van der Waals surface area contributed by atoms with Gasteiger partial charge < -0.3 is 0 Å². The molecule has 0 N–H and O–H groups in total. The van der Waals surface area contributed by atoms with Crippen molar-refractivity contribution in [2.45, 2.75) is 37.1 Å². The van der Waals surface area contributed by atoms with Crippen LogP contribution in [0.4, 0.5) is 4.39 Å². The molecule has 1 aliphatic heterocycles. The summed E-state index contributed by atoms with van der Waals surface area (Å²) >= 11 is 4.80. The Bertz CT molecular complexity index is 1170. The Kier molecular flexibility index (Phi) is 9.53. The van der Waals surface area contributed by atoms with Gasteiger partial charge in [-0.15, -0.1) is 24.8 Å². The van der Waals surface area contributed by atoms with Gasteiger partial charge in [0.15, 0.2) is 5.78 Å². The zero-order chi connectivity index (χ0) is 22.8. The molecule has 2 fully saturated rings. The van der Waals surface area contributed by atoms with E-state index in [9.17, 15) is 9.18 Å². The van der Waals surface area contributed by atoms with Crippen LogP contribution in [0.15, 0.2) is 66.5 Å². The van der Waals surface area contributed by atoms with E-state index >= 15 is 0 Å². The SMILES string of the molecule is Cl.Cl.O=C(C1CC1)C(c1ccccc1F)N1CCC(S)/C(=C\c2ccn(Cc3ccccn3)n2)C1. The maximum Gasteiger partial charge on any atom is 0.157 e. The normalized spacial score (nSPS) is 20.1. The number of likely N-dealkylation sites (tertiary alicyclic amines) is 1. The zero-order valence-corrected chi connectivity index (χ0v) is 21.7. The third kappa shape index (κ3) is 6.53. The predicted molar refractivity (Wildman–Crippen MR) is 144 cm³/mol. The molecule has 2 unspecified atom stereocenters. The smallest absolute Gasteiger partial charge is 0.157 e. The van der Waals surface area contributed by atoms with Crippen molar-refractivity contribution in [1.82, 2.24) is 19.7 Å². The van der Waals surface area contributed by atoms with Crippen molar-refractivity contribution < 1.29 is 9.18 Å². The fourth-order valence-corrected chi connectivity index (χ4v) is 4.73. The molecule has 5 nitrogen and oxygen atoms in total. The summed E-state index contributed by atoms with van der Waals surface area (Å²) in [5, 5.41) is 4.75. The minimum absolute atomic E-state index is 0. The van der Waals surface area contributed by atoms with Crippen molar-refractivity contribution in [3.05, 3.63) is 89.3 Å². The molecule has 186 valence electrons. The third-order valence-electron chi connectivity index (χ3n) is 6.36. The highest BCUT2D eigenvalue weighted by molar-refractivity contribution is 7.81. The summed E-state index contributed by atoms with van der Waals surface area (Å²) in [7, 11) is 0. The van der Waals surface area contributed by atoms with Crippen LogP contribution in [0.2, 0.25) is 0 Å². The molecule has 3 heterocycles. The number of halogens is 3. The molecular formula is C26H29Cl2FN4OS. The monoisotopic (exact) mass is 534 g/mol. The van der Waals surface area contributed by atoms with Crippen LogP contribution < -0.4 is 0 Å². The second-order valence-electron chi connectivity index (χ2n) is 8.85. The topological polar surface area (TPSA) is 51.0 Å². The number of carbonyl (C=O) groups excluding carboxylic acids is 1. The number of hydrogen-bond acceptors (Lipinski definition) is 5. The average molecular weight is 536 g/mol. The number of carbonyl (C=O) groups is 1. The molecular weight excluding hydrogens is 506 g/mol. The Morgan fingerprint density at radius 2 is 1.89 bits per heavy atom. The minimum atomic E-state index is -0.551. The first kappa shape index (κ1) is 27.4. The third-order valence-corrected chi connectivity index (χ3v) is 6.95. The Balaban J connectivity index is 0.00000171. The van der Waals surface area contributed by atoms with Gasteiger partial charge in [-0.1, -0.05) is 24.3 Å². The first-order chi connectivity index (χ1) is 16.1. The number of benzene rings is 1. The second-order valence-corrected chi connectivity index (χ2v) is 9.48. The largest absolute Gasteiger partial charge is 0.297 e. The molecule has 3 aromatic rings. The lowest BCUT2D eigenvalue weighted by Crippen LogP contribution is -2.42. The molecule has 1 aromatic carbocycles. The van der Waals surface area contributed by atoms with Gasteiger partial charge in [-0.05, 0) is 55.2 Å². The number of rotatable bonds is 7. The molecule has 0 bridgehead atoms. The predicted octanol–water partition coefficient (Wildman–Crippen LogP) is 5.42. The molecule has 0 spiro atoms. The number of ketones is 1. The second kappa shape index (κ2) is 12.2. The first-order valence-electron chi connectivity index (χ1n) is 11.4. The van der Waals surface area contributed by atoms with Gasteiger partial charge in [-0.3, -0.25) is 19.4 Å². The number of nitrogens with zero attached hydrogens (tertiary/aromatic N) is 4. The minimum Gasteiger partial charge on any atom is -0.297 e. The molecule has 1 saturated heterocycles. The highest BCUT2D eigenvalue weighted by atomic mass is 35.5. The van der Waals surface area contributed by atoms with Crippen LogP contribution in [-0.4, -0.2) is 43.8 Å². The molecule has 35 heavy (non-hydrogen) atoms. The van der Waals surface area contributed by atoms with E-state index in [0.29, 0.717) is 25.2 Å². The number of Topliss-reactive ketones (excluding diaryl/α,β-unsaturated/α-hetero) is 1. The maximum absolute atomic E-state index is 14.7. The Morgan fingerprint density at radius 3 is 2.60 bits per heavy atom. The van der Waals surface area contributed by atoms with E-state index < -0.39 is 6.04 Å². The summed E-state index contributed by atoms with van der Waals surface area (Å²) in [6.45, 7) is 1.88. The van der Waals surface area contributed by atoms with E-state index in [0.717, 1.165) is 36.2 Å². The fourth-order valence-electron chi connectivity index (χ4n) is 4.46. The molecule has 2 aromatic heterocycles. The summed E-state index contributed by atoms with van der Waals surface area (Å²) in [4.78, 5) is 19.7. The van der Waals surface area contributed by atoms with Crippen LogP contribution in [0.3, 0.4) is 0 Å². The standard InChI is InChI=1S/C26H27FN4OS.2ClH/c27-23-7-2-1-6-22(23)25(26(32)18-8-9-18)30-13-11-24(33)19(16-30)15-20-10-14-31(29-20)17-21-5-3-4-12-28-21;;/h1-7,10,12,14-15,18,24-25,33H,8-9,11,13,16-17H2;2*1H/b19-15-;;. The van der Waals surface area contributed by atoms with Crippen molar-refractivity contribution in [3.8, 4) is 0 Å². The highest BCUT2D eigenvalue weighted by Gasteiger charge is 2.40. The summed E-state index contributed by atoms with van der Waals surface area (Å²) in [5.41, 5.74) is 3.36. The number of thiol groups is 1. The summed E-state index contributed by atoms with van der Waals surface area (Å²) < 4.78 is 16.6. The van der Waals surface area contributed by atoms with Crippen molar-refractivity contribution in [3.63, 3.8) is 0 Å². The van der Waals surface area contributed by atoms with E-state index in [1.54, 1.807) is 18.3 Å². The lowest BCUT2D eigenvalue weighted by Gasteiger charge is -2.37. The van der Waals surface area contributed by atoms with E-state index in [2.05, 4.69) is 21.1 Å². The van der Waals surface area contributed by atoms with Gasteiger partial charge in [0, 0.05) is 42.2 Å². The van der Waals surface area contributed by atoms with Gasteiger partial charge >= 0.3 is 0 Å². The fraction of sp³-hybridized carbons (Fsp3) is 0.346. The molecule has 0 amide bonds. The van der Waals surface area contributed by atoms with Gasteiger partial charge in [-0.25, -0.2) is 4.39 Å². The molecule has 1 aliphatic carbocycles. The Hall–Kier alpha value is -2.19. The lowest BCUT2D eigenvalue weighted by atomic mass is 9.93. The molecule has 2 atom stereocenters. The van der Waals surface area contributed by atoms with Crippen LogP contribution >= 0.6 is 37.4 Å². The zero-order valence-electron chi connectivity index (χ0n) is 19.2. The maximum atomic E-state index is 14.7.